The Bertz CT molecular complexity index is 981. The Morgan fingerprint density at radius 2 is 2.00 bits per heavy atom. The predicted molar refractivity (Wildman–Crippen MR) is 76.3 cm³/mol. The number of aromatic nitrogens is 5. The van der Waals surface area contributed by atoms with Gasteiger partial charge in [-0.2, -0.15) is 0 Å². The minimum atomic E-state index is -0.906. The van der Waals surface area contributed by atoms with E-state index in [1.807, 2.05) is 0 Å². The summed E-state index contributed by atoms with van der Waals surface area (Å²) in [5.41, 5.74) is 1.50. The van der Waals surface area contributed by atoms with Gasteiger partial charge in [0.05, 0.1) is 12.8 Å². The molecule has 0 atom stereocenters. The van der Waals surface area contributed by atoms with Crippen LogP contribution < -0.4 is 0 Å². The van der Waals surface area contributed by atoms with Crippen molar-refractivity contribution in [1.82, 2.24) is 25.0 Å². The molecule has 0 spiro atoms. The third-order valence-electron chi connectivity index (χ3n) is 3.41. The average molecular weight is 313 g/mol. The van der Waals surface area contributed by atoms with Crippen LogP contribution in [0.25, 0.3) is 22.6 Å². The summed E-state index contributed by atoms with van der Waals surface area (Å²) in [6, 6.07) is 7.47. The van der Waals surface area contributed by atoms with Gasteiger partial charge >= 0.3 is 0 Å². The highest BCUT2D eigenvalue weighted by atomic mass is 19.2. The molecule has 1 aromatic carbocycles. The van der Waals surface area contributed by atoms with Gasteiger partial charge in [-0.25, -0.2) is 23.4 Å². The van der Waals surface area contributed by atoms with Crippen LogP contribution in [0.2, 0.25) is 0 Å². The van der Waals surface area contributed by atoms with Crippen LogP contribution in [0.1, 0.15) is 5.56 Å². The molecule has 0 saturated heterocycles. The van der Waals surface area contributed by atoms with Crippen LogP contribution >= 0.6 is 0 Å². The van der Waals surface area contributed by atoms with Gasteiger partial charge in [-0.05, 0) is 18.2 Å². The second kappa shape index (κ2) is 5.24. The van der Waals surface area contributed by atoms with E-state index >= 15 is 0 Å². The first kappa shape index (κ1) is 13.5. The lowest BCUT2D eigenvalue weighted by Gasteiger charge is -2.04. The van der Waals surface area contributed by atoms with Crippen molar-refractivity contribution in [3.8, 4) is 11.5 Å². The van der Waals surface area contributed by atoms with Gasteiger partial charge in [0.1, 0.15) is 12.0 Å². The Morgan fingerprint density at radius 1 is 1.09 bits per heavy atom. The third-order valence-corrected chi connectivity index (χ3v) is 3.41. The van der Waals surface area contributed by atoms with E-state index in [1.165, 1.54) is 29.4 Å². The van der Waals surface area contributed by atoms with E-state index in [2.05, 4.69) is 20.3 Å². The van der Waals surface area contributed by atoms with Crippen molar-refractivity contribution in [2.45, 2.75) is 6.54 Å². The number of benzene rings is 1. The summed E-state index contributed by atoms with van der Waals surface area (Å²) < 4.78 is 33.8. The van der Waals surface area contributed by atoms with E-state index in [0.717, 1.165) is 6.07 Å². The smallest absolute Gasteiger partial charge is 0.182 e. The van der Waals surface area contributed by atoms with Crippen molar-refractivity contribution in [3.63, 3.8) is 0 Å². The first-order chi connectivity index (χ1) is 11.2. The summed E-state index contributed by atoms with van der Waals surface area (Å²) in [5, 5.41) is 8.00. The molecule has 0 radical (unpaired) electrons. The van der Waals surface area contributed by atoms with Crippen LogP contribution in [0.15, 0.2) is 47.3 Å². The van der Waals surface area contributed by atoms with Crippen molar-refractivity contribution in [2.75, 3.05) is 0 Å². The van der Waals surface area contributed by atoms with E-state index in [9.17, 15) is 8.78 Å². The maximum atomic E-state index is 13.8. The van der Waals surface area contributed by atoms with Gasteiger partial charge < -0.3 is 4.42 Å². The van der Waals surface area contributed by atoms with Crippen LogP contribution in [0.4, 0.5) is 8.78 Å². The standard InChI is InChI=1S/C15H9F2N5O/c16-10-4-1-3-9(12(10)17)7-22-15-14(20-21-22)13(18-8-19-15)11-5-2-6-23-11/h1-6,8H,7H2. The molecule has 23 heavy (non-hydrogen) atoms. The number of rotatable bonds is 3. The van der Waals surface area contributed by atoms with Crippen LogP contribution in [0.5, 0.6) is 0 Å². The first-order valence-electron chi connectivity index (χ1n) is 6.75. The summed E-state index contributed by atoms with van der Waals surface area (Å²) >= 11 is 0. The summed E-state index contributed by atoms with van der Waals surface area (Å²) in [6.07, 6.45) is 2.87. The molecule has 0 fully saturated rings. The number of fused-ring (bicyclic) bond motifs is 1. The van der Waals surface area contributed by atoms with Crippen LogP contribution in [0, 0.1) is 11.6 Å². The lowest BCUT2D eigenvalue weighted by molar-refractivity contribution is 0.491. The Hall–Kier alpha value is -3.16. The monoisotopic (exact) mass is 313 g/mol. The maximum absolute atomic E-state index is 13.8. The number of furan rings is 1. The van der Waals surface area contributed by atoms with Gasteiger partial charge in [-0.3, -0.25) is 0 Å². The van der Waals surface area contributed by atoms with E-state index in [1.54, 1.807) is 12.1 Å². The molecular formula is C15H9F2N5O. The van der Waals surface area contributed by atoms with Gasteiger partial charge in [-0.15, -0.1) is 5.10 Å². The number of hydrogen-bond donors (Lipinski definition) is 0. The number of halogens is 2. The highest BCUT2D eigenvalue weighted by molar-refractivity contribution is 5.84. The largest absolute Gasteiger partial charge is 0.463 e. The van der Waals surface area contributed by atoms with Crippen molar-refractivity contribution in [1.29, 1.82) is 0 Å². The molecule has 3 aromatic heterocycles. The van der Waals surface area contributed by atoms with Gasteiger partial charge in [0.25, 0.3) is 0 Å². The fraction of sp³-hybridized carbons (Fsp3) is 0.0667. The molecule has 0 aliphatic carbocycles. The predicted octanol–water partition coefficient (Wildman–Crippen LogP) is 2.81. The van der Waals surface area contributed by atoms with Crippen molar-refractivity contribution in [3.05, 3.63) is 60.1 Å². The Balaban J connectivity index is 1.80. The highest BCUT2D eigenvalue weighted by Crippen LogP contribution is 2.24. The molecule has 6 nitrogen and oxygen atoms in total. The minimum absolute atomic E-state index is 0.00863. The fourth-order valence-electron chi connectivity index (χ4n) is 2.32. The second-order valence-corrected chi connectivity index (χ2v) is 4.83. The molecule has 8 heteroatoms. The first-order valence-corrected chi connectivity index (χ1v) is 6.75. The molecular weight excluding hydrogens is 304 g/mol. The SMILES string of the molecule is Fc1cccc(Cn2nnc3c(-c4ccco4)ncnc32)c1F. The third kappa shape index (κ3) is 2.24. The quantitative estimate of drug-likeness (QED) is 0.581. The van der Waals surface area contributed by atoms with Crippen LogP contribution in [-0.2, 0) is 6.54 Å². The van der Waals surface area contributed by atoms with E-state index in [0.29, 0.717) is 22.6 Å². The van der Waals surface area contributed by atoms with Gasteiger partial charge in [0.15, 0.2) is 28.6 Å². The zero-order valence-corrected chi connectivity index (χ0v) is 11.6. The zero-order valence-electron chi connectivity index (χ0n) is 11.6. The van der Waals surface area contributed by atoms with Crippen molar-refractivity contribution < 1.29 is 13.2 Å². The average Bonchev–Trinajstić information content (AvgIpc) is 3.22. The van der Waals surface area contributed by atoms with Crippen molar-refractivity contribution >= 4 is 11.2 Å². The molecule has 3 heterocycles. The molecule has 4 aromatic rings. The molecule has 4 rings (SSSR count). The summed E-state index contributed by atoms with van der Waals surface area (Å²) in [6.45, 7) is 0.00863. The van der Waals surface area contributed by atoms with E-state index in [-0.39, 0.29) is 12.1 Å². The molecule has 0 aliphatic rings. The topological polar surface area (TPSA) is 69.6 Å². The van der Waals surface area contributed by atoms with E-state index in [4.69, 9.17) is 4.42 Å². The molecule has 0 N–H and O–H groups in total. The molecule has 114 valence electrons. The maximum Gasteiger partial charge on any atom is 0.182 e. The normalized spacial score (nSPS) is 11.2. The molecule has 0 unspecified atom stereocenters. The zero-order chi connectivity index (χ0) is 15.8. The minimum Gasteiger partial charge on any atom is -0.463 e. The Kier molecular flexibility index (Phi) is 3.07. The van der Waals surface area contributed by atoms with Gasteiger partial charge in [0, 0.05) is 5.56 Å². The Morgan fingerprint density at radius 3 is 2.83 bits per heavy atom. The lowest BCUT2D eigenvalue weighted by Crippen LogP contribution is -2.06. The Labute approximate surface area is 128 Å². The number of nitrogens with zero attached hydrogens (tertiary/aromatic N) is 5. The molecule has 0 amide bonds. The highest BCUT2D eigenvalue weighted by Gasteiger charge is 2.16. The van der Waals surface area contributed by atoms with Gasteiger partial charge in [0.2, 0.25) is 0 Å². The summed E-state index contributed by atoms with van der Waals surface area (Å²) in [5.74, 6) is -1.28. The molecule has 0 aliphatic heterocycles. The molecule has 0 bridgehead atoms. The lowest BCUT2D eigenvalue weighted by atomic mass is 10.2. The molecule has 0 saturated carbocycles. The van der Waals surface area contributed by atoms with Crippen LogP contribution in [0.3, 0.4) is 0 Å². The second-order valence-electron chi connectivity index (χ2n) is 4.83. The van der Waals surface area contributed by atoms with Gasteiger partial charge in [-0.1, -0.05) is 17.3 Å². The fourth-order valence-corrected chi connectivity index (χ4v) is 2.32. The summed E-state index contributed by atoms with van der Waals surface area (Å²) in [7, 11) is 0. The van der Waals surface area contributed by atoms with E-state index < -0.39 is 11.6 Å². The van der Waals surface area contributed by atoms with Crippen LogP contribution in [-0.4, -0.2) is 25.0 Å². The summed E-state index contributed by atoms with van der Waals surface area (Å²) in [4.78, 5) is 8.28. The number of hydrogen-bond acceptors (Lipinski definition) is 5. The van der Waals surface area contributed by atoms with Crippen molar-refractivity contribution in [2.24, 2.45) is 0 Å².